The van der Waals surface area contributed by atoms with Crippen LogP contribution < -0.4 is 4.74 Å². The van der Waals surface area contributed by atoms with Gasteiger partial charge in [-0.25, -0.2) is 8.42 Å². The first-order valence-electron chi connectivity index (χ1n) is 9.76. The van der Waals surface area contributed by atoms with Crippen molar-refractivity contribution in [1.82, 2.24) is 4.31 Å². The van der Waals surface area contributed by atoms with Gasteiger partial charge in [-0.1, -0.05) is 6.07 Å². The van der Waals surface area contributed by atoms with E-state index in [0.29, 0.717) is 11.6 Å². The summed E-state index contributed by atoms with van der Waals surface area (Å²) in [4.78, 5) is 10.2. The Balaban J connectivity index is 1.79. The lowest BCUT2D eigenvalue weighted by molar-refractivity contribution is -0.385. The normalized spacial score (nSPS) is 14.0. The Kier molecular flexibility index (Phi) is 6.34. The maximum atomic E-state index is 13.4. The van der Waals surface area contributed by atoms with E-state index in [-0.39, 0.29) is 42.7 Å². The van der Waals surface area contributed by atoms with Gasteiger partial charge >= 0.3 is 6.18 Å². The number of sulfonamides is 1. The molecule has 0 saturated carbocycles. The number of non-ortho nitro benzene ring substituents is 1. The molecule has 4 rings (SSSR count). The van der Waals surface area contributed by atoms with E-state index >= 15 is 0 Å². The SMILES string of the molecule is O=[N+]([O-])c1cc2c(c(CN(Cc3ccco3)S(=O)(=O)c3cccc(C(F)(F)F)c3)c1)OCOC2. The molecule has 13 heteroatoms. The lowest BCUT2D eigenvalue weighted by Crippen LogP contribution is -2.31. The highest BCUT2D eigenvalue weighted by atomic mass is 32.2. The molecule has 0 unspecified atom stereocenters. The molecule has 0 bridgehead atoms. The van der Waals surface area contributed by atoms with Crippen LogP contribution in [0.15, 0.2) is 64.1 Å². The van der Waals surface area contributed by atoms with Crippen molar-refractivity contribution in [3.63, 3.8) is 0 Å². The van der Waals surface area contributed by atoms with Crippen molar-refractivity contribution < 1.29 is 40.4 Å². The third-order valence-corrected chi connectivity index (χ3v) is 6.83. The summed E-state index contributed by atoms with van der Waals surface area (Å²) in [5, 5.41) is 11.4. The average Bonchev–Trinajstić information content (AvgIpc) is 3.31. The Morgan fingerprint density at radius 2 is 1.88 bits per heavy atom. The van der Waals surface area contributed by atoms with Gasteiger partial charge in [-0.15, -0.1) is 0 Å². The quantitative estimate of drug-likeness (QED) is 0.349. The zero-order valence-corrected chi connectivity index (χ0v) is 18.1. The first kappa shape index (κ1) is 23.7. The maximum absolute atomic E-state index is 13.4. The largest absolute Gasteiger partial charge is 0.468 e. The highest BCUT2D eigenvalue weighted by Crippen LogP contribution is 2.36. The summed E-state index contributed by atoms with van der Waals surface area (Å²) in [5.74, 6) is 0.444. The number of nitrogens with zero attached hydrogens (tertiary/aromatic N) is 2. The molecule has 0 spiro atoms. The molecule has 0 amide bonds. The zero-order chi connectivity index (χ0) is 24.5. The van der Waals surface area contributed by atoms with Crippen molar-refractivity contribution in [3.05, 3.63) is 87.4 Å². The van der Waals surface area contributed by atoms with Crippen LogP contribution in [0.5, 0.6) is 5.75 Å². The van der Waals surface area contributed by atoms with E-state index in [9.17, 15) is 31.7 Å². The number of furan rings is 1. The van der Waals surface area contributed by atoms with Crippen LogP contribution in [0.4, 0.5) is 18.9 Å². The Morgan fingerprint density at radius 1 is 1.09 bits per heavy atom. The standard InChI is InChI=1S/C21H17F3N2O7S/c22-21(23,24)16-3-1-5-19(9-16)34(29,30)25(11-18-4-2-6-32-18)10-14-7-17(26(27)28)8-15-12-31-13-33-20(14)15/h1-9H,10-13H2. The highest BCUT2D eigenvalue weighted by Gasteiger charge is 2.34. The number of ether oxygens (including phenoxy) is 2. The van der Waals surface area contributed by atoms with E-state index in [1.54, 1.807) is 0 Å². The van der Waals surface area contributed by atoms with Gasteiger partial charge in [0.15, 0.2) is 6.79 Å². The zero-order valence-electron chi connectivity index (χ0n) is 17.3. The van der Waals surface area contributed by atoms with Crippen LogP contribution >= 0.6 is 0 Å². The van der Waals surface area contributed by atoms with E-state index in [1.165, 1.54) is 30.5 Å². The van der Waals surface area contributed by atoms with Gasteiger partial charge in [0.25, 0.3) is 5.69 Å². The van der Waals surface area contributed by atoms with Gasteiger partial charge in [0.05, 0.1) is 34.8 Å². The molecule has 2 aromatic carbocycles. The van der Waals surface area contributed by atoms with Crippen molar-refractivity contribution in [2.75, 3.05) is 6.79 Å². The van der Waals surface area contributed by atoms with Gasteiger partial charge in [-0.3, -0.25) is 10.1 Å². The number of halogens is 3. The number of nitro benzene ring substituents is 1. The Labute approximate surface area is 191 Å². The van der Waals surface area contributed by atoms with Gasteiger partial charge in [-0.05, 0) is 30.3 Å². The summed E-state index contributed by atoms with van der Waals surface area (Å²) < 4.78 is 83.2. The first-order valence-corrected chi connectivity index (χ1v) is 11.2. The molecule has 0 fully saturated rings. The Hall–Kier alpha value is -3.42. The minimum atomic E-state index is -4.75. The smallest absolute Gasteiger partial charge is 0.416 e. The summed E-state index contributed by atoms with van der Waals surface area (Å²) in [6.45, 7) is -0.887. The van der Waals surface area contributed by atoms with Crippen LogP contribution in [0.25, 0.3) is 0 Å². The molecule has 0 aliphatic carbocycles. The van der Waals surface area contributed by atoms with Gasteiger partial charge in [0.1, 0.15) is 11.5 Å². The fourth-order valence-electron chi connectivity index (χ4n) is 3.48. The number of hydrogen-bond donors (Lipinski definition) is 0. The molecule has 180 valence electrons. The molecule has 0 atom stereocenters. The van der Waals surface area contributed by atoms with Gasteiger partial charge in [0.2, 0.25) is 10.0 Å². The topological polar surface area (TPSA) is 112 Å². The molecular formula is C21H17F3N2O7S. The third-order valence-electron chi connectivity index (χ3n) is 5.04. The van der Waals surface area contributed by atoms with Crippen molar-refractivity contribution in [2.24, 2.45) is 0 Å². The van der Waals surface area contributed by atoms with Crippen LogP contribution in [-0.2, 0) is 40.6 Å². The van der Waals surface area contributed by atoms with Crippen LogP contribution in [0.2, 0.25) is 0 Å². The molecule has 2 heterocycles. The van der Waals surface area contributed by atoms with E-state index in [2.05, 4.69) is 0 Å². The molecule has 34 heavy (non-hydrogen) atoms. The number of alkyl halides is 3. The third kappa shape index (κ3) is 4.90. The summed E-state index contributed by atoms with van der Waals surface area (Å²) in [6, 6.07) is 8.81. The summed E-state index contributed by atoms with van der Waals surface area (Å²) >= 11 is 0. The molecular weight excluding hydrogens is 481 g/mol. The molecule has 1 aliphatic rings. The van der Waals surface area contributed by atoms with Crippen LogP contribution in [0.3, 0.4) is 0 Å². The lowest BCUT2D eigenvalue weighted by atomic mass is 10.1. The van der Waals surface area contributed by atoms with E-state index in [4.69, 9.17) is 13.9 Å². The van der Waals surface area contributed by atoms with Crippen molar-refractivity contribution in [1.29, 1.82) is 0 Å². The molecule has 1 aliphatic heterocycles. The van der Waals surface area contributed by atoms with Gasteiger partial charge in [0, 0.05) is 29.8 Å². The lowest BCUT2D eigenvalue weighted by Gasteiger charge is -2.25. The molecule has 9 nitrogen and oxygen atoms in total. The van der Waals surface area contributed by atoms with Crippen molar-refractivity contribution >= 4 is 15.7 Å². The average molecular weight is 498 g/mol. The number of rotatable bonds is 7. The predicted molar refractivity (Wildman–Crippen MR) is 110 cm³/mol. The fourth-order valence-corrected chi connectivity index (χ4v) is 4.91. The first-order chi connectivity index (χ1) is 16.1. The van der Waals surface area contributed by atoms with Crippen LogP contribution in [0, 0.1) is 10.1 Å². The number of benzene rings is 2. The second-order valence-corrected chi connectivity index (χ2v) is 9.28. The van der Waals surface area contributed by atoms with Gasteiger partial charge in [-0.2, -0.15) is 17.5 Å². The van der Waals surface area contributed by atoms with Crippen LogP contribution in [-0.4, -0.2) is 24.4 Å². The van der Waals surface area contributed by atoms with Crippen molar-refractivity contribution in [3.8, 4) is 5.75 Å². The minimum Gasteiger partial charge on any atom is -0.468 e. The highest BCUT2D eigenvalue weighted by molar-refractivity contribution is 7.89. The molecule has 0 N–H and O–H groups in total. The maximum Gasteiger partial charge on any atom is 0.416 e. The monoisotopic (exact) mass is 498 g/mol. The summed E-state index contributed by atoms with van der Waals surface area (Å²) in [7, 11) is -4.50. The van der Waals surface area contributed by atoms with E-state index in [0.717, 1.165) is 22.5 Å². The minimum absolute atomic E-state index is 0.0164. The number of nitro groups is 1. The van der Waals surface area contributed by atoms with Crippen LogP contribution in [0.1, 0.15) is 22.5 Å². The predicted octanol–water partition coefficient (Wildman–Crippen LogP) is 4.46. The Morgan fingerprint density at radius 3 is 2.56 bits per heavy atom. The Bertz CT molecular complexity index is 1310. The number of fused-ring (bicyclic) bond motifs is 1. The molecule has 3 aromatic rings. The molecule has 0 saturated heterocycles. The van der Waals surface area contributed by atoms with E-state index in [1.807, 2.05) is 0 Å². The van der Waals surface area contributed by atoms with Gasteiger partial charge < -0.3 is 13.9 Å². The molecule has 0 radical (unpaired) electrons. The summed E-state index contributed by atoms with van der Waals surface area (Å²) in [6.07, 6.45) is -3.43. The van der Waals surface area contributed by atoms with E-state index < -0.39 is 38.1 Å². The molecule has 1 aromatic heterocycles. The number of hydrogen-bond acceptors (Lipinski definition) is 7. The second-order valence-electron chi connectivity index (χ2n) is 7.34. The van der Waals surface area contributed by atoms with Crippen molar-refractivity contribution in [2.45, 2.75) is 30.8 Å². The second kappa shape index (κ2) is 9.08. The summed E-state index contributed by atoms with van der Waals surface area (Å²) in [5.41, 5.74) is -0.920. The fraction of sp³-hybridized carbons (Fsp3) is 0.238.